The lowest BCUT2D eigenvalue weighted by molar-refractivity contribution is -0.153. The van der Waals surface area contributed by atoms with E-state index in [0.29, 0.717) is 11.4 Å². The number of urea groups is 1. The second-order valence-corrected chi connectivity index (χ2v) is 7.14. The van der Waals surface area contributed by atoms with Crippen molar-refractivity contribution in [1.82, 2.24) is 10.2 Å². The van der Waals surface area contributed by atoms with E-state index in [1.165, 1.54) is 13.8 Å². The van der Waals surface area contributed by atoms with Crippen molar-refractivity contribution in [2.45, 2.75) is 45.8 Å². The van der Waals surface area contributed by atoms with Crippen LogP contribution in [0.3, 0.4) is 0 Å². The van der Waals surface area contributed by atoms with Crippen LogP contribution in [0.1, 0.15) is 34.1 Å². The summed E-state index contributed by atoms with van der Waals surface area (Å²) >= 11 is 0. The Balaban J connectivity index is 1.81. The van der Waals surface area contributed by atoms with Crippen molar-refractivity contribution in [3.05, 3.63) is 24.3 Å². The van der Waals surface area contributed by atoms with Crippen LogP contribution in [0.2, 0.25) is 0 Å². The number of ether oxygens (including phenoxy) is 1. The van der Waals surface area contributed by atoms with Crippen LogP contribution in [-0.2, 0) is 23.9 Å². The average Bonchev–Trinajstić information content (AvgIpc) is 2.81. The Kier molecular flexibility index (Phi) is 6.57. The Bertz CT molecular complexity index is 834. The van der Waals surface area contributed by atoms with Gasteiger partial charge in [-0.2, -0.15) is 0 Å². The van der Waals surface area contributed by atoms with Gasteiger partial charge in [0.1, 0.15) is 5.54 Å². The van der Waals surface area contributed by atoms with Crippen LogP contribution in [0, 0.1) is 0 Å². The summed E-state index contributed by atoms with van der Waals surface area (Å²) in [6.07, 6.45) is -1.30. The Hall–Kier alpha value is -3.43. The van der Waals surface area contributed by atoms with E-state index in [9.17, 15) is 24.0 Å². The monoisotopic (exact) mass is 404 g/mol. The zero-order valence-electron chi connectivity index (χ0n) is 16.7. The molecule has 0 saturated carbocycles. The lowest BCUT2D eigenvalue weighted by Crippen LogP contribution is -2.40. The summed E-state index contributed by atoms with van der Waals surface area (Å²) in [6, 6.07) is 5.86. The molecule has 3 N–H and O–H groups in total. The third-order valence-corrected chi connectivity index (χ3v) is 4.13. The number of benzene rings is 1. The second kappa shape index (κ2) is 8.72. The number of nitrogens with one attached hydrogen (secondary N) is 3. The van der Waals surface area contributed by atoms with E-state index in [-0.39, 0.29) is 18.9 Å². The van der Waals surface area contributed by atoms with Gasteiger partial charge in [-0.3, -0.25) is 24.1 Å². The molecule has 1 aromatic carbocycles. The summed E-state index contributed by atoms with van der Waals surface area (Å²) in [7, 11) is 0. The molecule has 10 nitrogen and oxygen atoms in total. The normalized spacial score (nSPS) is 16.1. The number of nitrogens with zero attached hydrogens (tertiary/aromatic N) is 1. The summed E-state index contributed by atoms with van der Waals surface area (Å²) < 4.78 is 5.07. The van der Waals surface area contributed by atoms with Gasteiger partial charge < -0.3 is 20.7 Å². The summed E-state index contributed by atoms with van der Waals surface area (Å²) in [5.74, 6) is -1.89. The molecule has 156 valence electrons. The lowest BCUT2D eigenvalue weighted by Gasteiger charge is -2.17. The quantitative estimate of drug-likeness (QED) is 0.462. The number of carbonyl (C=O) groups is 5. The Morgan fingerprint density at radius 2 is 1.66 bits per heavy atom. The summed E-state index contributed by atoms with van der Waals surface area (Å²) in [5, 5.41) is 7.71. The predicted octanol–water partition coefficient (Wildman–Crippen LogP) is 1.24. The Labute approximate surface area is 168 Å². The van der Waals surface area contributed by atoms with Crippen LogP contribution in [0.4, 0.5) is 16.2 Å². The van der Waals surface area contributed by atoms with Crippen LogP contribution in [-0.4, -0.2) is 52.8 Å². The number of rotatable bonds is 7. The molecule has 1 heterocycles. The first-order valence-electron chi connectivity index (χ1n) is 9.01. The molecule has 0 bridgehead atoms. The summed E-state index contributed by atoms with van der Waals surface area (Å²) in [4.78, 5) is 60.0. The Morgan fingerprint density at radius 1 is 1.10 bits per heavy atom. The average molecular weight is 404 g/mol. The summed E-state index contributed by atoms with van der Waals surface area (Å²) in [6.45, 7) is 5.81. The van der Waals surface area contributed by atoms with E-state index in [1.54, 1.807) is 38.1 Å². The minimum Gasteiger partial charge on any atom is -0.452 e. The number of amides is 5. The van der Waals surface area contributed by atoms with Gasteiger partial charge in [-0.15, -0.1) is 0 Å². The summed E-state index contributed by atoms with van der Waals surface area (Å²) in [5.41, 5.74) is 0.0381. The number of imide groups is 1. The van der Waals surface area contributed by atoms with Crippen LogP contribution < -0.4 is 16.0 Å². The molecule has 0 spiro atoms. The number of carbonyl (C=O) groups excluding carboxylic acids is 5. The number of hydrogen-bond acceptors (Lipinski definition) is 6. The maximum Gasteiger partial charge on any atom is 0.325 e. The van der Waals surface area contributed by atoms with E-state index in [4.69, 9.17) is 4.74 Å². The molecule has 29 heavy (non-hydrogen) atoms. The van der Waals surface area contributed by atoms with E-state index >= 15 is 0 Å². The van der Waals surface area contributed by atoms with Crippen molar-refractivity contribution in [2.24, 2.45) is 0 Å². The molecule has 1 aliphatic rings. The predicted molar refractivity (Wildman–Crippen MR) is 104 cm³/mol. The molecule has 5 amide bonds. The maximum atomic E-state index is 12.2. The third kappa shape index (κ3) is 5.77. The number of anilines is 2. The van der Waals surface area contributed by atoms with Crippen molar-refractivity contribution in [1.29, 1.82) is 0 Å². The van der Waals surface area contributed by atoms with E-state index in [1.807, 2.05) is 0 Å². The molecule has 1 fully saturated rings. The van der Waals surface area contributed by atoms with Crippen molar-refractivity contribution < 1.29 is 28.7 Å². The highest BCUT2D eigenvalue weighted by atomic mass is 16.5. The largest absolute Gasteiger partial charge is 0.452 e. The smallest absolute Gasteiger partial charge is 0.325 e. The van der Waals surface area contributed by atoms with E-state index in [0.717, 1.165) is 4.90 Å². The molecular weight excluding hydrogens is 380 g/mol. The molecule has 0 radical (unpaired) electrons. The zero-order valence-corrected chi connectivity index (χ0v) is 16.7. The highest BCUT2D eigenvalue weighted by molar-refractivity contribution is 6.06. The lowest BCUT2D eigenvalue weighted by atomic mass is 10.1. The van der Waals surface area contributed by atoms with E-state index < -0.39 is 35.5 Å². The van der Waals surface area contributed by atoms with Crippen molar-refractivity contribution >= 4 is 41.1 Å². The molecule has 1 saturated heterocycles. The molecule has 1 atom stereocenters. The van der Waals surface area contributed by atoms with Gasteiger partial charge in [-0.05, 0) is 45.0 Å². The SMILES string of the molecule is CC(=O)Nc1ccc(NC(=O)[C@@H](C)OC(=O)CCN2C(=O)NC(C)(C)C2=O)cc1. The molecule has 1 aliphatic heterocycles. The maximum absolute atomic E-state index is 12.2. The van der Waals surface area contributed by atoms with Gasteiger partial charge in [-0.25, -0.2) is 4.79 Å². The first kappa shape index (κ1) is 21.9. The van der Waals surface area contributed by atoms with Crippen molar-refractivity contribution in [3.8, 4) is 0 Å². The highest BCUT2D eigenvalue weighted by Gasteiger charge is 2.44. The second-order valence-electron chi connectivity index (χ2n) is 7.14. The van der Waals surface area contributed by atoms with Crippen LogP contribution >= 0.6 is 0 Å². The van der Waals surface area contributed by atoms with Crippen LogP contribution in [0.25, 0.3) is 0 Å². The molecule has 1 aromatic rings. The van der Waals surface area contributed by atoms with Crippen LogP contribution in [0.15, 0.2) is 24.3 Å². The fourth-order valence-electron chi connectivity index (χ4n) is 2.62. The topological polar surface area (TPSA) is 134 Å². The van der Waals surface area contributed by atoms with Gasteiger partial charge in [0.25, 0.3) is 11.8 Å². The van der Waals surface area contributed by atoms with Gasteiger partial charge in [0, 0.05) is 24.8 Å². The van der Waals surface area contributed by atoms with Crippen molar-refractivity contribution in [3.63, 3.8) is 0 Å². The highest BCUT2D eigenvalue weighted by Crippen LogP contribution is 2.17. The molecule has 0 aromatic heterocycles. The number of esters is 1. The molecule has 0 aliphatic carbocycles. The fraction of sp³-hybridized carbons (Fsp3) is 0.421. The van der Waals surface area contributed by atoms with Crippen molar-refractivity contribution in [2.75, 3.05) is 17.2 Å². The van der Waals surface area contributed by atoms with Gasteiger partial charge >= 0.3 is 12.0 Å². The molecule has 2 rings (SSSR count). The molecule has 0 unspecified atom stereocenters. The Morgan fingerprint density at radius 3 is 2.14 bits per heavy atom. The number of hydrogen-bond donors (Lipinski definition) is 3. The van der Waals surface area contributed by atoms with Gasteiger partial charge in [0.05, 0.1) is 6.42 Å². The van der Waals surface area contributed by atoms with Gasteiger partial charge in [0.2, 0.25) is 5.91 Å². The standard InChI is InChI=1S/C19H24N4O6/c1-11(16(26)21-14-7-5-13(6-8-14)20-12(2)24)29-15(25)9-10-23-17(27)19(3,4)22-18(23)28/h5-8,11H,9-10H2,1-4H3,(H,20,24)(H,21,26)(H,22,28)/t11-/m1/s1. The van der Waals surface area contributed by atoms with Gasteiger partial charge in [0.15, 0.2) is 6.10 Å². The minimum absolute atomic E-state index is 0.133. The minimum atomic E-state index is -1.07. The molecular formula is C19H24N4O6. The first-order chi connectivity index (χ1) is 13.5. The zero-order chi connectivity index (χ0) is 21.8. The third-order valence-electron chi connectivity index (χ3n) is 4.13. The van der Waals surface area contributed by atoms with E-state index in [2.05, 4.69) is 16.0 Å². The first-order valence-corrected chi connectivity index (χ1v) is 9.01. The van der Waals surface area contributed by atoms with Crippen LogP contribution in [0.5, 0.6) is 0 Å². The fourth-order valence-corrected chi connectivity index (χ4v) is 2.62. The molecule has 10 heteroatoms. The van der Waals surface area contributed by atoms with Gasteiger partial charge in [-0.1, -0.05) is 0 Å².